The van der Waals surface area contributed by atoms with Crippen LogP contribution in [0.2, 0.25) is 0 Å². The highest BCUT2D eigenvalue weighted by Gasteiger charge is 2.36. The predicted molar refractivity (Wildman–Crippen MR) is 96.1 cm³/mol. The van der Waals surface area contributed by atoms with E-state index in [1.807, 2.05) is 0 Å². The molecule has 1 aliphatic carbocycles. The zero-order valence-electron chi connectivity index (χ0n) is 14.0. The van der Waals surface area contributed by atoms with E-state index < -0.39 is 0 Å². The summed E-state index contributed by atoms with van der Waals surface area (Å²) in [5, 5.41) is 14.7. The van der Waals surface area contributed by atoms with Crippen LogP contribution in [0, 0.1) is 0 Å². The summed E-state index contributed by atoms with van der Waals surface area (Å²) in [6.07, 6.45) is 2.69. The molecule has 0 fully saturated rings. The first-order valence-corrected chi connectivity index (χ1v) is 8.66. The summed E-state index contributed by atoms with van der Waals surface area (Å²) in [6.45, 7) is 2.90. The van der Waals surface area contributed by atoms with Crippen molar-refractivity contribution in [3.8, 4) is 0 Å². The van der Waals surface area contributed by atoms with Gasteiger partial charge < -0.3 is 14.8 Å². The third-order valence-electron chi connectivity index (χ3n) is 5.17. The van der Waals surface area contributed by atoms with Crippen LogP contribution in [0.5, 0.6) is 0 Å². The maximum Gasteiger partial charge on any atom is 0.137 e. The molecule has 1 aromatic heterocycles. The van der Waals surface area contributed by atoms with Crippen LogP contribution >= 0.6 is 0 Å². The lowest BCUT2D eigenvalue weighted by Crippen LogP contribution is -2.49. The number of aliphatic hydroxyl groups is 1. The second-order valence-corrected chi connectivity index (χ2v) is 6.82. The number of aryl methyl sites for hydroxylation is 1. The van der Waals surface area contributed by atoms with Gasteiger partial charge in [0, 0.05) is 10.9 Å². The Labute approximate surface area is 142 Å². The van der Waals surface area contributed by atoms with Crippen LogP contribution in [-0.2, 0) is 25.8 Å². The number of nitrogens with one attached hydrogen (secondary N) is 1. The van der Waals surface area contributed by atoms with Gasteiger partial charge in [0.25, 0.3) is 0 Å². The molecule has 24 heavy (non-hydrogen) atoms. The van der Waals surface area contributed by atoms with Crippen molar-refractivity contribution in [2.45, 2.75) is 38.3 Å². The van der Waals surface area contributed by atoms with Gasteiger partial charge >= 0.3 is 0 Å². The van der Waals surface area contributed by atoms with E-state index in [1.165, 1.54) is 16.7 Å². The smallest absolute Gasteiger partial charge is 0.137 e. The second kappa shape index (κ2) is 6.08. The van der Waals surface area contributed by atoms with Gasteiger partial charge in [0.1, 0.15) is 11.3 Å². The van der Waals surface area contributed by atoms with Crippen LogP contribution in [0.15, 0.2) is 52.9 Å². The van der Waals surface area contributed by atoms with Gasteiger partial charge in [-0.1, -0.05) is 49.4 Å². The molecule has 0 unspecified atom stereocenters. The number of fused-ring (bicyclic) bond motifs is 2. The zero-order chi connectivity index (χ0) is 16.6. The summed E-state index contributed by atoms with van der Waals surface area (Å²) in [4.78, 5) is 0. The van der Waals surface area contributed by atoms with Crippen molar-refractivity contribution in [1.29, 1.82) is 0 Å². The molecule has 0 amide bonds. The lowest BCUT2D eigenvalue weighted by Gasteiger charge is -2.27. The Balaban J connectivity index is 1.54. The fraction of sp³-hybridized carbons (Fsp3) is 0.333. The highest BCUT2D eigenvalue weighted by Crippen LogP contribution is 2.30. The van der Waals surface area contributed by atoms with E-state index in [1.54, 1.807) is 0 Å². The Hall–Kier alpha value is -2.10. The van der Waals surface area contributed by atoms with E-state index in [-0.39, 0.29) is 12.1 Å². The van der Waals surface area contributed by atoms with E-state index in [2.05, 4.69) is 60.8 Å². The quantitative estimate of drug-likeness (QED) is 0.754. The fourth-order valence-electron chi connectivity index (χ4n) is 3.80. The van der Waals surface area contributed by atoms with Crippen LogP contribution in [0.1, 0.15) is 29.4 Å². The van der Waals surface area contributed by atoms with Crippen molar-refractivity contribution in [1.82, 2.24) is 5.32 Å². The molecule has 4 rings (SSSR count). The number of aliphatic hydroxyl groups excluding tert-OH is 1. The molecule has 3 heteroatoms. The highest BCUT2D eigenvalue weighted by molar-refractivity contribution is 5.81. The molecule has 0 bridgehead atoms. The average Bonchev–Trinajstić information content (AvgIpc) is 3.20. The normalized spacial score (nSPS) is 15.8. The first-order chi connectivity index (χ1) is 11.7. The second-order valence-electron chi connectivity index (χ2n) is 6.82. The van der Waals surface area contributed by atoms with Crippen LogP contribution in [-0.4, -0.2) is 17.3 Å². The number of hydrogen-bond acceptors (Lipinski definition) is 3. The van der Waals surface area contributed by atoms with Gasteiger partial charge in [-0.2, -0.15) is 0 Å². The first kappa shape index (κ1) is 15.4. The number of rotatable bonds is 5. The van der Waals surface area contributed by atoms with Crippen molar-refractivity contribution in [3.05, 3.63) is 71.0 Å². The summed E-state index contributed by atoms with van der Waals surface area (Å²) in [7, 11) is 0. The van der Waals surface area contributed by atoms with Gasteiger partial charge in [-0.25, -0.2) is 0 Å². The maximum absolute atomic E-state index is 10.00. The Morgan fingerprint density at radius 1 is 1.08 bits per heavy atom. The highest BCUT2D eigenvalue weighted by atomic mass is 16.3. The van der Waals surface area contributed by atoms with Crippen LogP contribution in [0.4, 0.5) is 0 Å². The largest absolute Gasteiger partial charge is 0.459 e. The number of furan rings is 1. The maximum atomic E-state index is 10.00. The summed E-state index contributed by atoms with van der Waals surface area (Å²) < 4.78 is 6.07. The van der Waals surface area contributed by atoms with Crippen molar-refractivity contribution in [3.63, 3.8) is 0 Å². The fourth-order valence-corrected chi connectivity index (χ4v) is 3.80. The lowest BCUT2D eigenvalue weighted by molar-refractivity contribution is 0.163. The number of hydrogen-bond donors (Lipinski definition) is 2. The molecule has 0 saturated heterocycles. The summed E-state index contributed by atoms with van der Waals surface area (Å²) >= 11 is 0. The minimum Gasteiger partial charge on any atom is -0.459 e. The molecular formula is C21H23NO2. The topological polar surface area (TPSA) is 45.4 Å². The van der Waals surface area contributed by atoms with E-state index in [0.717, 1.165) is 36.0 Å². The molecule has 0 spiro atoms. The van der Waals surface area contributed by atoms with Gasteiger partial charge in [-0.05, 0) is 42.0 Å². The molecule has 1 aliphatic rings. The van der Waals surface area contributed by atoms with E-state index in [9.17, 15) is 5.11 Å². The molecule has 3 nitrogen and oxygen atoms in total. The Morgan fingerprint density at radius 2 is 1.83 bits per heavy atom. The molecule has 0 atom stereocenters. The van der Waals surface area contributed by atoms with Crippen LogP contribution < -0.4 is 5.32 Å². The van der Waals surface area contributed by atoms with Crippen molar-refractivity contribution in [2.24, 2.45) is 0 Å². The molecular weight excluding hydrogens is 298 g/mol. The summed E-state index contributed by atoms with van der Waals surface area (Å²) in [6, 6.07) is 16.8. The number of para-hydroxylation sites is 1. The van der Waals surface area contributed by atoms with Crippen LogP contribution in [0.3, 0.4) is 0 Å². The van der Waals surface area contributed by atoms with Gasteiger partial charge in [0.05, 0.1) is 13.2 Å². The Bertz CT molecular complexity index is 840. The minimum absolute atomic E-state index is 0.127. The summed E-state index contributed by atoms with van der Waals surface area (Å²) in [5.74, 6) is 0.926. The van der Waals surface area contributed by atoms with Gasteiger partial charge in [-0.15, -0.1) is 0 Å². The minimum atomic E-state index is -0.282. The van der Waals surface area contributed by atoms with E-state index >= 15 is 0 Å². The molecule has 1 heterocycles. The molecule has 0 saturated carbocycles. The third-order valence-corrected chi connectivity index (χ3v) is 5.17. The van der Waals surface area contributed by atoms with Crippen molar-refractivity contribution in [2.75, 3.05) is 6.61 Å². The number of benzene rings is 2. The van der Waals surface area contributed by atoms with E-state index in [4.69, 9.17) is 4.42 Å². The predicted octanol–water partition coefficient (Wildman–Crippen LogP) is 3.61. The lowest BCUT2D eigenvalue weighted by atomic mass is 9.97. The van der Waals surface area contributed by atoms with Crippen LogP contribution in [0.25, 0.3) is 11.0 Å². The van der Waals surface area contributed by atoms with E-state index in [0.29, 0.717) is 6.54 Å². The van der Waals surface area contributed by atoms with Gasteiger partial charge in [0.2, 0.25) is 0 Å². The first-order valence-electron chi connectivity index (χ1n) is 8.66. The molecule has 2 aromatic carbocycles. The molecule has 124 valence electrons. The van der Waals surface area contributed by atoms with Gasteiger partial charge in [-0.3, -0.25) is 0 Å². The average molecular weight is 321 g/mol. The Morgan fingerprint density at radius 3 is 2.50 bits per heavy atom. The monoisotopic (exact) mass is 321 g/mol. The Kier molecular flexibility index (Phi) is 3.91. The molecule has 0 aliphatic heterocycles. The zero-order valence-corrected chi connectivity index (χ0v) is 14.0. The van der Waals surface area contributed by atoms with Gasteiger partial charge in [0.15, 0.2) is 0 Å². The third kappa shape index (κ3) is 2.64. The standard InChI is InChI=1S/C21H23NO2/c1-2-15-8-5-9-16-10-19(24-20(15)16)13-22-21(14-23)11-17-6-3-4-7-18(17)12-21/h3-10,22-23H,2,11-14H2,1H3. The SMILES string of the molecule is CCc1cccc2cc(CNC3(CO)Cc4ccccc4C3)oc12. The van der Waals surface area contributed by atoms with Crippen molar-refractivity contribution >= 4 is 11.0 Å². The van der Waals surface area contributed by atoms with Crippen molar-refractivity contribution < 1.29 is 9.52 Å². The molecule has 2 N–H and O–H groups in total. The molecule has 0 radical (unpaired) electrons. The molecule has 3 aromatic rings. The summed E-state index contributed by atoms with van der Waals surface area (Å²) in [5.41, 5.74) is 4.61.